The summed E-state index contributed by atoms with van der Waals surface area (Å²) in [5.41, 5.74) is 5.98. The topological polar surface area (TPSA) is 63.3 Å². The van der Waals surface area contributed by atoms with Gasteiger partial charge in [0.25, 0.3) is 0 Å². The quantitative estimate of drug-likeness (QED) is 0.840. The number of anilines is 1. The molecule has 2 aromatic rings. The van der Waals surface area contributed by atoms with Crippen molar-refractivity contribution in [1.29, 1.82) is 0 Å². The number of carboxylic acids is 1. The highest BCUT2D eigenvalue weighted by Crippen LogP contribution is 2.30. The Morgan fingerprint density at radius 3 is 2.33 bits per heavy atom. The zero-order chi connectivity index (χ0) is 13.1. The molecule has 0 fully saturated rings. The molecule has 2 aromatic carbocycles. The first-order valence-corrected chi connectivity index (χ1v) is 6.32. The molecule has 18 heavy (non-hydrogen) atoms. The minimum Gasteiger partial charge on any atom is -0.478 e. The van der Waals surface area contributed by atoms with Gasteiger partial charge in [-0.3, -0.25) is 0 Å². The molecule has 5 heteroatoms. The zero-order valence-corrected chi connectivity index (χ0v) is 10.8. The number of carbonyl (C=O) groups is 1. The van der Waals surface area contributed by atoms with Crippen LogP contribution in [0.1, 0.15) is 10.4 Å². The lowest BCUT2D eigenvalue weighted by Gasteiger charge is -2.05. The molecule has 0 bridgehead atoms. The third-order valence-corrected chi connectivity index (χ3v) is 3.55. The number of carboxylic acid groups (broad SMARTS) is 1. The van der Waals surface area contributed by atoms with E-state index in [0.29, 0.717) is 5.02 Å². The van der Waals surface area contributed by atoms with Crippen molar-refractivity contribution in [3.8, 4) is 0 Å². The fourth-order valence-corrected chi connectivity index (χ4v) is 2.41. The van der Waals surface area contributed by atoms with Crippen LogP contribution in [0.5, 0.6) is 0 Å². The summed E-state index contributed by atoms with van der Waals surface area (Å²) in [5, 5.41) is 9.66. The molecule has 0 spiro atoms. The van der Waals surface area contributed by atoms with Crippen molar-refractivity contribution in [2.75, 3.05) is 5.73 Å². The summed E-state index contributed by atoms with van der Waals surface area (Å²) >= 11 is 7.26. The summed E-state index contributed by atoms with van der Waals surface area (Å²) < 4.78 is 0. The van der Waals surface area contributed by atoms with Crippen LogP contribution in [0.2, 0.25) is 5.02 Å². The number of nitrogen functional groups attached to an aromatic ring is 1. The molecular formula is C13H10ClNO2S. The third kappa shape index (κ3) is 2.97. The van der Waals surface area contributed by atoms with Crippen LogP contribution in [0, 0.1) is 0 Å². The second-order valence-corrected chi connectivity index (χ2v) is 5.19. The van der Waals surface area contributed by atoms with Crippen LogP contribution in [0.3, 0.4) is 0 Å². The van der Waals surface area contributed by atoms with E-state index < -0.39 is 5.97 Å². The average molecular weight is 280 g/mol. The van der Waals surface area contributed by atoms with Crippen molar-refractivity contribution in [2.45, 2.75) is 9.79 Å². The highest BCUT2D eigenvalue weighted by Gasteiger charge is 2.09. The Morgan fingerprint density at radius 1 is 1.11 bits per heavy atom. The number of benzene rings is 2. The van der Waals surface area contributed by atoms with E-state index in [-0.39, 0.29) is 11.3 Å². The van der Waals surface area contributed by atoms with Crippen LogP contribution < -0.4 is 5.73 Å². The molecule has 0 radical (unpaired) electrons. The highest BCUT2D eigenvalue weighted by molar-refractivity contribution is 7.99. The number of hydrogen-bond donors (Lipinski definition) is 2. The Morgan fingerprint density at radius 2 is 1.72 bits per heavy atom. The third-order valence-electron chi connectivity index (χ3n) is 2.30. The molecule has 92 valence electrons. The molecule has 0 heterocycles. The first kappa shape index (κ1) is 12.8. The molecule has 0 unspecified atom stereocenters. The summed E-state index contributed by atoms with van der Waals surface area (Å²) in [4.78, 5) is 12.8. The van der Waals surface area contributed by atoms with E-state index in [9.17, 15) is 4.79 Å². The van der Waals surface area contributed by atoms with Gasteiger partial charge in [0, 0.05) is 20.5 Å². The molecule has 0 aromatic heterocycles. The molecule has 3 nitrogen and oxygen atoms in total. The van der Waals surface area contributed by atoms with Gasteiger partial charge in [-0.05, 0) is 42.5 Å². The Bertz CT molecular complexity index is 584. The van der Waals surface area contributed by atoms with Crippen LogP contribution >= 0.6 is 23.4 Å². The summed E-state index contributed by atoms with van der Waals surface area (Å²) in [7, 11) is 0. The van der Waals surface area contributed by atoms with Gasteiger partial charge in [-0.1, -0.05) is 23.4 Å². The summed E-state index contributed by atoms with van der Waals surface area (Å²) in [6.45, 7) is 0. The molecular weight excluding hydrogens is 270 g/mol. The maximum Gasteiger partial charge on any atom is 0.337 e. The standard InChI is InChI=1S/C13H10ClNO2S/c14-8-1-3-9(4-2-8)18-10-5-6-12(15)11(7-10)13(16)17/h1-7H,15H2,(H,16,17). The molecule has 3 N–H and O–H groups in total. The van der Waals surface area contributed by atoms with E-state index in [0.717, 1.165) is 9.79 Å². The second kappa shape index (κ2) is 5.33. The molecule has 0 aliphatic rings. The van der Waals surface area contributed by atoms with Gasteiger partial charge in [-0.25, -0.2) is 4.79 Å². The molecule has 0 saturated carbocycles. The maximum atomic E-state index is 11.0. The normalized spacial score (nSPS) is 10.3. The molecule has 0 amide bonds. The van der Waals surface area contributed by atoms with Gasteiger partial charge in [0.1, 0.15) is 0 Å². The number of rotatable bonds is 3. The van der Waals surface area contributed by atoms with Gasteiger partial charge in [0.15, 0.2) is 0 Å². The smallest absolute Gasteiger partial charge is 0.337 e. The lowest BCUT2D eigenvalue weighted by Crippen LogP contribution is -2.01. The van der Waals surface area contributed by atoms with Gasteiger partial charge in [-0.2, -0.15) is 0 Å². The SMILES string of the molecule is Nc1ccc(Sc2ccc(Cl)cc2)cc1C(=O)O. The second-order valence-electron chi connectivity index (χ2n) is 3.61. The van der Waals surface area contributed by atoms with Gasteiger partial charge < -0.3 is 10.8 Å². The number of nitrogens with two attached hydrogens (primary N) is 1. The van der Waals surface area contributed by atoms with Crippen LogP contribution in [-0.2, 0) is 0 Å². The lowest BCUT2D eigenvalue weighted by atomic mass is 10.2. The van der Waals surface area contributed by atoms with Crippen molar-refractivity contribution >= 4 is 35.0 Å². The van der Waals surface area contributed by atoms with E-state index in [1.807, 2.05) is 12.1 Å². The van der Waals surface area contributed by atoms with E-state index >= 15 is 0 Å². The molecule has 0 atom stereocenters. The summed E-state index contributed by atoms with van der Waals surface area (Å²) in [6, 6.07) is 12.3. The van der Waals surface area contributed by atoms with E-state index in [1.54, 1.807) is 30.3 Å². The van der Waals surface area contributed by atoms with Crippen molar-refractivity contribution < 1.29 is 9.90 Å². The molecule has 0 saturated heterocycles. The summed E-state index contributed by atoms with van der Waals surface area (Å²) in [5.74, 6) is -1.02. The number of halogens is 1. The van der Waals surface area contributed by atoms with Crippen LogP contribution in [-0.4, -0.2) is 11.1 Å². The van der Waals surface area contributed by atoms with Crippen molar-refractivity contribution in [1.82, 2.24) is 0 Å². The molecule has 2 rings (SSSR count). The Kier molecular flexibility index (Phi) is 3.79. The van der Waals surface area contributed by atoms with Gasteiger partial charge >= 0.3 is 5.97 Å². The first-order chi connectivity index (χ1) is 8.56. The number of hydrogen-bond acceptors (Lipinski definition) is 3. The Balaban J connectivity index is 2.27. The Labute approximate surface area is 114 Å². The summed E-state index contributed by atoms with van der Waals surface area (Å²) in [6.07, 6.45) is 0. The van der Waals surface area contributed by atoms with Crippen molar-refractivity contribution in [3.63, 3.8) is 0 Å². The predicted octanol–water partition coefficient (Wildman–Crippen LogP) is 3.77. The van der Waals surface area contributed by atoms with Crippen LogP contribution in [0.15, 0.2) is 52.3 Å². The Hall–Kier alpha value is -1.65. The molecule has 0 aliphatic heterocycles. The van der Waals surface area contributed by atoms with Crippen molar-refractivity contribution in [3.05, 3.63) is 53.1 Å². The van der Waals surface area contributed by atoms with E-state index in [1.165, 1.54) is 11.8 Å². The van der Waals surface area contributed by atoms with Gasteiger partial charge in [0.2, 0.25) is 0 Å². The average Bonchev–Trinajstić information content (AvgIpc) is 2.34. The van der Waals surface area contributed by atoms with Gasteiger partial charge in [0.05, 0.1) is 5.56 Å². The fraction of sp³-hybridized carbons (Fsp3) is 0. The van der Waals surface area contributed by atoms with Crippen molar-refractivity contribution in [2.24, 2.45) is 0 Å². The van der Waals surface area contributed by atoms with E-state index in [2.05, 4.69) is 0 Å². The zero-order valence-electron chi connectivity index (χ0n) is 9.26. The maximum absolute atomic E-state index is 11.0. The first-order valence-electron chi connectivity index (χ1n) is 5.12. The fourth-order valence-electron chi connectivity index (χ4n) is 1.42. The monoisotopic (exact) mass is 279 g/mol. The van der Waals surface area contributed by atoms with E-state index in [4.69, 9.17) is 22.4 Å². The predicted molar refractivity (Wildman–Crippen MR) is 73.4 cm³/mol. The number of aromatic carboxylic acids is 1. The lowest BCUT2D eigenvalue weighted by molar-refractivity contribution is 0.0698. The van der Waals surface area contributed by atoms with Crippen LogP contribution in [0.4, 0.5) is 5.69 Å². The van der Waals surface area contributed by atoms with Gasteiger partial charge in [-0.15, -0.1) is 0 Å². The minimum atomic E-state index is -1.02. The van der Waals surface area contributed by atoms with Crippen LogP contribution in [0.25, 0.3) is 0 Å². The largest absolute Gasteiger partial charge is 0.478 e. The highest BCUT2D eigenvalue weighted by atomic mass is 35.5. The molecule has 0 aliphatic carbocycles. The minimum absolute atomic E-state index is 0.119.